The predicted octanol–water partition coefficient (Wildman–Crippen LogP) is 9.36. The molecule has 9 nitrogen and oxygen atoms in total. The Kier molecular flexibility index (Phi) is 34.2. The lowest BCUT2D eigenvalue weighted by atomic mass is 9.99. The third-order valence-electron chi connectivity index (χ3n) is 9.76. The molecule has 0 amide bonds. The van der Waals surface area contributed by atoms with Gasteiger partial charge >= 0.3 is 5.97 Å². The molecular formula is C45H80O9. The number of hydrogen-bond donors (Lipinski definition) is 4. The number of aliphatic hydroxyl groups is 4. The number of unbranched alkanes of at least 4 members (excludes halogenated alkanes) is 17. The minimum absolute atomic E-state index is 0.117. The zero-order chi connectivity index (χ0) is 39.3. The molecule has 6 unspecified atom stereocenters. The molecule has 0 saturated carbocycles. The first kappa shape index (κ1) is 50.2. The van der Waals surface area contributed by atoms with E-state index in [0.717, 1.165) is 70.6 Å². The van der Waals surface area contributed by atoms with Gasteiger partial charge in [0, 0.05) is 13.0 Å². The van der Waals surface area contributed by atoms with Crippen LogP contribution in [-0.4, -0.2) is 89.6 Å². The summed E-state index contributed by atoms with van der Waals surface area (Å²) in [6, 6.07) is 0. The molecule has 1 saturated heterocycles. The number of carbonyl (C=O) groups excluding carboxylic acids is 1. The molecule has 0 aromatic carbocycles. The van der Waals surface area contributed by atoms with E-state index in [1.54, 1.807) is 0 Å². The molecule has 0 spiro atoms. The van der Waals surface area contributed by atoms with E-state index in [1.165, 1.54) is 77.0 Å². The quantitative estimate of drug-likeness (QED) is 0.0280. The summed E-state index contributed by atoms with van der Waals surface area (Å²) in [5.41, 5.74) is 0. The van der Waals surface area contributed by atoms with Crippen LogP contribution in [0.1, 0.15) is 168 Å². The van der Waals surface area contributed by atoms with Crippen LogP contribution >= 0.6 is 0 Å². The maximum atomic E-state index is 12.7. The Morgan fingerprint density at radius 1 is 0.611 bits per heavy atom. The lowest BCUT2D eigenvalue weighted by Gasteiger charge is -2.39. The Labute approximate surface area is 329 Å². The summed E-state index contributed by atoms with van der Waals surface area (Å²) in [7, 11) is 0. The van der Waals surface area contributed by atoms with Gasteiger partial charge in [0.1, 0.15) is 30.5 Å². The van der Waals surface area contributed by atoms with Gasteiger partial charge in [-0.2, -0.15) is 0 Å². The second kappa shape index (κ2) is 36.8. The van der Waals surface area contributed by atoms with E-state index < -0.39 is 43.4 Å². The van der Waals surface area contributed by atoms with Gasteiger partial charge in [-0.1, -0.05) is 159 Å². The summed E-state index contributed by atoms with van der Waals surface area (Å²) in [6.07, 6.45) is 37.1. The molecule has 6 atom stereocenters. The first-order valence-corrected chi connectivity index (χ1v) is 21.7. The van der Waals surface area contributed by atoms with Crippen LogP contribution < -0.4 is 0 Å². The number of ether oxygens (including phenoxy) is 4. The fourth-order valence-corrected chi connectivity index (χ4v) is 6.36. The van der Waals surface area contributed by atoms with Crippen molar-refractivity contribution in [3.8, 4) is 0 Å². The average Bonchev–Trinajstić information content (AvgIpc) is 3.17. The van der Waals surface area contributed by atoms with Crippen molar-refractivity contribution in [2.75, 3.05) is 26.4 Å². The molecule has 1 heterocycles. The highest BCUT2D eigenvalue weighted by molar-refractivity contribution is 5.69. The molecule has 0 aliphatic carbocycles. The lowest BCUT2D eigenvalue weighted by Crippen LogP contribution is -2.59. The number of esters is 1. The predicted molar refractivity (Wildman–Crippen MR) is 219 cm³/mol. The zero-order valence-corrected chi connectivity index (χ0v) is 34.2. The van der Waals surface area contributed by atoms with Crippen molar-refractivity contribution in [3.63, 3.8) is 0 Å². The second-order valence-corrected chi connectivity index (χ2v) is 14.8. The molecule has 9 heteroatoms. The number of carbonyl (C=O) groups is 1. The summed E-state index contributed by atoms with van der Waals surface area (Å²) in [5.74, 6) is -0.320. The minimum Gasteiger partial charge on any atom is -0.457 e. The van der Waals surface area contributed by atoms with Gasteiger partial charge in [-0.05, 0) is 51.4 Å². The highest BCUT2D eigenvalue weighted by Gasteiger charge is 2.44. The summed E-state index contributed by atoms with van der Waals surface area (Å²) in [6.45, 7) is 4.41. The van der Waals surface area contributed by atoms with Gasteiger partial charge in [-0.15, -0.1) is 0 Å². The van der Waals surface area contributed by atoms with Crippen LogP contribution in [0.3, 0.4) is 0 Å². The van der Waals surface area contributed by atoms with Crippen LogP contribution in [0, 0.1) is 0 Å². The van der Waals surface area contributed by atoms with Crippen molar-refractivity contribution in [1.29, 1.82) is 0 Å². The normalized spacial score (nSPS) is 21.3. The van der Waals surface area contributed by atoms with Crippen molar-refractivity contribution in [3.05, 3.63) is 48.6 Å². The topological polar surface area (TPSA) is 135 Å². The monoisotopic (exact) mass is 765 g/mol. The average molecular weight is 765 g/mol. The smallest absolute Gasteiger partial charge is 0.306 e. The molecule has 54 heavy (non-hydrogen) atoms. The van der Waals surface area contributed by atoms with E-state index in [1.807, 2.05) is 0 Å². The maximum absolute atomic E-state index is 12.7. The largest absolute Gasteiger partial charge is 0.457 e. The first-order valence-electron chi connectivity index (χ1n) is 21.7. The molecule has 1 fully saturated rings. The highest BCUT2D eigenvalue weighted by atomic mass is 16.7. The van der Waals surface area contributed by atoms with Gasteiger partial charge in [0.25, 0.3) is 0 Å². The summed E-state index contributed by atoms with van der Waals surface area (Å²) in [4.78, 5) is 12.7. The van der Waals surface area contributed by atoms with Crippen LogP contribution in [0.4, 0.5) is 0 Å². The third kappa shape index (κ3) is 27.7. The maximum Gasteiger partial charge on any atom is 0.306 e. The zero-order valence-electron chi connectivity index (χ0n) is 34.2. The molecule has 4 N–H and O–H groups in total. The van der Waals surface area contributed by atoms with Gasteiger partial charge < -0.3 is 39.4 Å². The molecule has 0 radical (unpaired) electrons. The van der Waals surface area contributed by atoms with E-state index in [4.69, 9.17) is 18.9 Å². The highest BCUT2D eigenvalue weighted by Crippen LogP contribution is 2.22. The van der Waals surface area contributed by atoms with Gasteiger partial charge in [-0.3, -0.25) is 4.79 Å². The molecule has 0 aromatic rings. The van der Waals surface area contributed by atoms with E-state index in [2.05, 4.69) is 62.5 Å². The third-order valence-corrected chi connectivity index (χ3v) is 9.76. The fraction of sp³-hybridized carbons (Fsp3) is 0.800. The number of aliphatic hydroxyl groups excluding tert-OH is 4. The van der Waals surface area contributed by atoms with E-state index in [0.29, 0.717) is 13.0 Å². The first-order chi connectivity index (χ1) is 26.4. The lowest BCUT2D eigenvalue weighted by molar-refractivity contribution is -0.305. The number of rotatable bonds is 36. The molecule has 1 aliphatic heterocycles. The van der Waals surface area contributed by atoms with E-state index in [-0.39, 0.29) is 19.2 Å². The van der Waals surface area contributed by atoms with E-state index in [9.17, 15) is 25.2 Å². The molecule has 1 rings (SSSR count). The molecule has 314 valence electrons. The van der Waals surface area contributed by atoms with Crippen molar-refractivity contribution in [1.82, 2.24) is 0 Å². The Morgan fingerprint density at radius 2 is 1.13 bits per heavy atom. The summed E-state index contributed by atoms with van der Waals surface area (Å²) < 4.78 is 22.8. The SMILES string of the molecule is CC/C=C\C/C=C\C/C=C\C/C=C\CCCCCCCCCOCC(COC1OC(CO)C(O)C(O)C1O)OC(=O)CCCCCCCCCCCCC. The Hall–Kier alpha value is -1.85. The molecular weight excluding hydrogens is 684 g/mol. The fourth-order valence-electron chi connectivity index (χ4n) is 6.36. The Balaban J connectivity index is 2.26. The Morgan fingerprint density at radius 3 is 1.70 bits per heavy atom. The van der Waals surface area contributed by atoms with Crippen LogP contribution in [0.2, 0.25) is 0 Å². The van der Waals surface area contributed by atoms with Crippen LogP contribution in [0.5, 0.6) is 0 Å². The van der Waals surface area contributed by atoms with Gasteiger partial charge in [-0.25, -0.2) is 0 Å². The van der Waals surface area contributed by atoms with E-state index >= 15 is 0 Å². The van der Waals surface area contributed by atoms with Crippen molar-refractivity contribution in [2.24, 2.45) is 0 Å². The standard InChI is InChI=1S/C45H80O9/c1-3-5-7-9-11-13-15-16-17-18-19-20-21-22-23-25-27-29-31-33-35-51-37-39(38-52-45-44(50)43(49)42(48)40(36-46)54-45)53-41(47)34-32-30-28-26-24-14-12-10-8-6-4-2/h5,7,11,13,16-17,19-20,39-40,42-46,48-50H,3-4,6,8-10,12,14-15,18,21-38H2,1-2H3/b7-5-,13-11-,17-16-,20-19-. The summed E-state index contributed by atoms with van der Waals surface area (Å²) >= 11 is 0. The molecule has 0 bridgehead atoms. The minimum atomic E-state index is -1.54. The number of allylic oxidation sites excluding steroid dienone is 8. The van der Waals surface area contributed by atoms with Crippen LogP contribution in [-0.2, 0) is 23.7 Å². The summed E-state index contributed by atoms with van der Waals surface area (Å²) in [5, 5.41) is 40.0. The van der Waals surface area contributed by atoms with Crippen molar-refractivity contribution < 1.29 is 44.2 Å². The second-order valence-electron chi connectivity index (χ2n) is 14.8. The van der Waals surface area contributed by atoms with Crippen LogP contribution in [0.15, 0.2) is 48.6 Å². The molecule has 1 aliphatic rings. The van der Waals surface area contributed by atoms with Gasteiger partial charge in [0.15, 0.2) is 6.29 Å². The van der Waals surface area contributed by atoms with Gasteiger partial charge in [0.05, 0.1) is 19.8 Å². The van der Waals surface area contributed by atoms with Crippen LogP contribution in [0.25, 0.3) is 0 Å². The number of hydrogen-bond acceptors (Lipinski definition) is 9. The Bertz CT molecular complexity index is 963. The van der Waals surface area contributed by atoms with Crippen molar-refractivity contribution in [2.45, 2.75) is 205 Å². The molecule has 0 aromatic heterocycles. The van der Waals surface area contributed by atoms with Crippen molar-refractivity contribution >= 4 is 5.97 Å². The van der Waals surface area contributed by atoms with Gasteiger partial charge in [0.2, 0.25) is 0 Å².